The smallest absolute Gasteiger partial charge is 0.193 e. The molecule has 1 aromatic heterocycles. The summed E-state index contributed by atoms with van der Waals surface area (Å²) in [5.74, 6) is 1.04. The third kappa shape index (κ3) is 4.06. The van der Waals surface area contributed by atoms with Gasteiger partial charge in [-0.3, -0.25) is 4.99 Å². The molecule has 6 heteroatoms. The van der Waals surface area contributed by atoms with Crippen LogP contribution in [0.2, 0.25) is 0 Å². The molecule has 0 radical (unpaired) electrons. The van der Waals surface area contributed by atoms with E-state index in [4.69, 9.17) is 0 Å². The lowest BCUT2D eigenvalue weighted by Gasteiger charge is -2.37. The molecule has 0 saturated carbocycles. The third-order valence-corrected chi connectivity index (χ3v) is 5.46. The molecule has 0 bridgehead atoms. The van der Waals surface area contributed by atoms with Crippen molar-refractivity contribution in [1.82, 2.24) is 10.2 Å². The van der Waals surface area contributed by atoms with E-state index in [1.165, 1.54) is 5.00 Å². The fourth-order valence-electron chi connectivity index (χ4n) is 2.24. The Labute approximate surface area is 130 Å². The molecule has 0 aromatic carbocycles. The highest BCUT2D eigenvalue weighted by Gasteiger charge is 2.20. The van der Waals surface area contributed by atoms with E-state index >= 15 is 0 Å². The lowest BCUT2D eigenvalue weighted by Crippen LogP contribution is -2.53. The van der Waals surface area contributed by atoms with E-state index in [0.717, 1.165) is 38.7 Å². The molecule has 1 atom stereocenters. The van der Waals surface area contributed by atoms with Crippen molar-refractivity contribution in [2.24, 2.45) is 4.99 Å². The van der Waals surface area contributed by atoms with Crippen LogP contribution in [-0.4, -0.2) is 62.1 Å². The van der Waals surface area contributed by atoms with Crippen LogP contribution in [0.1, 0.15) is 6.92 Å². The van der Waals surface area contributed by atoms with Gasteiger partial charge in [0.15, 0.2) is 5.96 Å². The summed E-state index contributed by atoms with van der Waals surface area (Å²) in [4.78, 5) is 9.23. The summed E-state index contributed by atoms with van der Waals surface area (Å²) in [6.45, 7) is 7.41. The van der Waals surface area contributed by atoms with Crippen molar-refractivity contribution in [3.63, 3.8) is 0 Å². The van der Waals surface area contributed by atoms with Gasteiger partial charge in [0, 0.05) is 45.0 Å². The van der Waals surface area contributed by atoms with E-state index in [2.05, 4.69) is 50.8 Å². The van der Waals surface area contributed by atoms with Gasteiger partial charge in [0.05, 0.1) is 5.00 Å². The number of thiophene rings is 1. The summed E-state index contributed by atoms with van der Waals surface area (Å²) in [5.41, 5.74) is 0. The van der Waals surface area contributed by atoms with Gasteiger partial charge in [-0.2, -0.15) is 11.8 Å². The van der Waals surface area contributed by atoms with E-state index in [-0.39, 0.29) is 0 Å². The summed E-state index contributed by atoms with van der Waals surface area (Å²) in [6.07, 6.45) is 2.15. The second-order valence-electron chi connectivity index (χ2n) is 4.90. The molecule has 0 aliphatic carbocycles. The Bertz CT molecular complexity index is 411. The summed E-state index contributed by atoms with van der Waals surface area (Å²) in [6, 6.07) is 4.32. The van der Waals surface area contributed by atoms with Gasteiger partial charge in [0.2, 0.25) is 0 Å². The quantitative estimate of drug-likeness (QED) is 0.682. The van der Waals surface area contributed by atoms with Gasteiger partial charge in [0.25, 0.3) is 0 Å². The summed E-state index contributed by atoms with van der Waals surface area (Å²) >= 11 is 3.70. The van der Waals surface area contributed by atoms with Crippen molar-refractivity contribution in [1.29, 1.82) is 0 Å². The molecule has 0 spiro atoms. The Balaban J connectivity index is 1.82. The van der Waals surface area contributed by atoms with Crippen molar-refractivity contribution < 1.29 is 0 Å². The molecule has 4 nitrogen and oxygen atoms in total. The molecule has 1 aromatic rings. The topological polar surface area (TPSA) is 30.9 Å². The number of guanidine groups is 1. The minimum Gasteiger partial charge on any atom is -0.360 e. The van der Waals surface area contributed by atoms with Crippen LogP contribution >= 0.6 is 23.1 Å². The second kappa shape index (κ2) is 7.78. The molecular weight excluding hydrogens is 288 g/mol. The average Bonchev–Trinajstić information content (AvgIpc) is 3.02. The van der Waals surface area contributed by atoms with Crippen LogP contribution in [-0.2, 0) is 0 Å². The van der Waals surface area contributed by atoms with E-state index in [1.807, 2.05) is 30.1 Å². The van der Waals surface area contributed by atoms with Gasteiger partial charge in [-0.15, -0.1) is 11.3 Å². The van der Waals surface area contributed by atoms with Crippen LogP contribution < -0.4 is 10.2 Å². The standard InChI is InChI=1S/C14H24N4S2/c1-12(19-3)11-16-14(15-2)18-8-6-17(7-9-18)13-5-4-10-20-13/h4-5,10,12H,6-9,11H2,1-3H3,(H,15,16). The van der Waals surface area contributed by atoms with Crippen molar-refractivity contribution in [2.75, 3.05) is 50.9 Å². The first-order valence-corrected chi connectivity index (χ1v) is 9.18. The van der Waals surface area contributed by atoms with Crippen molar-refractivity contribution in [3.05, 3.63) is 17.5 Å². The number of nitrogens with zero attached hydrogens (tertiary/aromatic N) is 3. The first kappa shape index (κ1) is 15.5. The van der Waals surface area contributed by atoms with Gasteiger partial charge in [-0.25, -0.2) is 0 Å². The van der Waals surface area contributed by atoms with Gasteiger partial charge >= 0.3 is 0 Å². The van der Waals surface area contributed by atoms with Crippen molar-refractivity contribution in [2.45, 2.75) is 12.2 Å². The largest absolute Gasteiger partial charge is 0.360 e. The number of nitrogens with one attached hydrogen (secondary N) is 1. The fraction of sp³-hybridized carbons (Fsp3) is 0.643. The zero-order valence-corrected chi connectivity index (χ0v) is 14.1. The van der Waals surface area contributed by atoms with Crippen LogP contribution in [0.5, 0.6) is 0 Å². The minimum absolute atomic E-state index is 0.610. The van der Waals surface area contributed by atoms with E-state index in [0.29, 0.717) is 5.25 Å². The molecular formula is C14H24N4S2. The summed E-state index contributed by atoms with van der Waals surface area (Å²) < 4.78 is 0. The van der Waals surface area contributed by atoms with Gasteiger partial charge in [-0.05, 0) is 23.8 Å². The number of anilines is 1. The first-order valence-electron chi connectivity index (χ1n) is 7.01. The molecule has 1 aliphatic rings. The molecule has 20 heavy (non-hydrogen) atoms. The first-order chi connectivity index (χ1) is 9.74. The van der Waals surface area contributed by atoms with Gasteiger partial charge in [0.1, 0.15) is 0 Å². The lowest BCUT2D eigenvalue weighted by atomic mass is 10.3. The summed E-state index contributed by atoms with van der Waals surface area (Å²) in [7, 11) is 1.87. The number of hydrogen-bond donors (Lipinski definition) is 1. The van der Waals surface area contributed by atoms with Gasteiger partial charge < -0.3 is 15.1 Å². The Morgan fingerprint density at radius 3 is 2.75 bits per heavy atom. The predicted octanol–water partition coefficient (Wildman–Crippen LogP) is 2.20. The number of thioether (sulfide) groups is 1. The normalized spacial score (nSPS) is 18.2. The van der Waals surface area contributed by atoms with E-state index in [1.54, 1.807) is 0 Å². The molecule has 112 valence electrons. The lowest BCUT2D eigenvalue weighted by molar-refractivity contribution is 0.374. The zero-order chi connectivity index (χ0) is 14.4. The highest BCUT2D eigenvalue weighted by atomic mass is 32.2. The molecule has 1 saturated heterocycles. The highest BCUT2D eigenvalue weighted by Crippen LogP contribution is 2.22. The Kier molecular flexibility index (Phi) is 6.04. The van der Waals surface area contributed by atoms with Crippen LogP contribution in [0.15, 0.2) is 22.5 Å². The monoisotopic (exact) mass is 312 g/mol. The number of rotatable bonds is 4. The maximum absolute atomic E-state index is 4.41. The fourth-order valence-corrected chi connectivity index (χ4v) is 3.27. The van der Waals surface area contributed by atoms with Crippen molar-refractivity contribution in [3.8, 4) is 0 Å². The molecule has 1 fully saturated rings. The third-order valence-electron chi connectivity index (χ3n) is 3.56. The summed E-state index contributed by atoms with van der Waals surface area (Å²) in [5, 5.41) is 7.61. The number of hydrogen-bond acceptors (Lipinski definition) is 4. The molecule has 1 aliphatic heterocycles. The molecule has 2 rings (SSSR count). The Morgan fingerprint density at radius 1 is 1.45 bits per heavy atom. The second-order valence-corrected chi connectivity index (χ2v) is 7.10. The van der Waals surface area contributed by atoms with Crippen LogP contribution in [0.25, 0.3) is 0 Å². The maximum atomic E-state index is 4.41. The minimum atomic E-state index is 0.610. The number of piperazine rings is 1. The van der Waals surface area contributed by atoms with Gasteiger partial charge in [-0.1, -0.05) is 6.92 Å². The average molecular weight is 313 g/mol. The molecule has 2 heterocycles. The molecule has 1 unspecified atom stereocenters. The van der Waals surface area contributed by atoms with Crippen LogP contribution in [0, 0.1) is 0 Å². The van der Waals surface area contributed by atoms with Crippen LogP contribution in [0.3, 0.4) is 0 Å². The maximum Gasteiger partial charge on any atom is 0.193 e. The Hall–Kier alpha value is -0.880. The van der Waals surface area contributed by atoms with E-state index < -0.39 is 0 Å². The van der Waals surface area contributed by atoms with E-state index in [9.17, 15) is 0 Å². The predicted molar refractivity (Wildman–Crippen MR) is 92.4 cm³/mol. The molecule has 1 N–H and O–H groups in total. The van der Waals surface area contributed by atoms with Crippen LogP contribution in [0.4, 0.5) is 5.00 Å². The zero-order valence-electron chi connectivity index (χ0n) is 12.5. The van der Waals surface area contributed by atoms with Crippen molar-refractivity contribution >= 4 is 34.1 Å². The Morgan fingerprint density at radius 2 is 2.20 bits per heavy atom. The highest BCUT2D eigenvalue weighted by molar-refractivity contribution is 7.99. The number of aliphatic imine (C=N–C) groups is 1. The SMILES string of the molecule is CN=C(NCC(C)SC)N1CCN(c2cccs2)CC1. The molecule has 0 amide bonds.